The van der Waals surface area contributed by atoms with Crippen molar-refractivity contribution < 1.29 is 8.83 Å². The summed E-state index contributed by atoms with van der Waals surface area (Å²) >= 11 is 0. The molecule has 56 heavy (non-hydrogen) atoms. The Morgan fingerprint density at radius 3 is 1.02 bits per heavy atom. The highest BCUT2D eigenvalue weighted by Crippen LogP contribution is 2.53. The second kappa shape index (κ2) is 11.8. The molecular weight excluding hydrogens is 689 g/mol. The smallest absolute Gasteiger partial charge is 0.227 e. The van der Waals surface area contributed by atoms with Crippen LogP contribution in [0.25, 0.3) is 45.1 Å². The van der Waals surface area contributed by atoms with Crippen LogP contribution in [0.1, 0.15) is 49.9 Å². The quantitative estimate of drug-likeness (QED) is 0.180. The van der Waals surface area contributed by atoms with Crippen molar-refractivity contribution in [1.82, 2.24) is 9.97 Å². The van der Waals surface area contributed by atoms with Gasteiger partial charge in [0.1, 0.15) is 11.0 Å². The van der Waals surface area contributed by atoms with Gasteiger partial charge in [0.15, 0.2) is 11.2 Å². The van der Waals surface area contributed by atoms with Crippen LogP contribution in [-0.2, 0) is 10.8 Å². The summed E-state index contributed by atoms with van der Waals surface area (Å²) in [5.74, 6) is 1.11. The lowest BCUT2D eigenvalue weighted by Crippen LogP contribution is -2.30. The average Bonchev–Trinajstić information content (AvgIpc) is 3.84. The van der Waals surface area contributed by atoms with Crippen molar-refractivity contribution in [3.05, 3.63) is 180 Å². The van der Waals surface area contributed by atoms with E-state index in [1.807, 2.05) is 12.1 Å². The minimum atomic E-state index is -0.104. The van der Waals surface area contributed by atoms with Crippen molar-refractivity contribution >= 4 is 56.3 Å². The molecule has 2 aromatic heterocycles. The Labute approximate surface area is 325 Å². The summed E-state index contributed by atoms with van der Waals surface area (Å²) in [6.45, 7) is 9.21. The summed E-state index contributed by atoms with van der Waals surface area (Å²) in [6.07, 6.45) is 0. The van der Waals surface area contributed by atoms with Crippen LogP contribution in [0.15, 0.2) is 167 Å². The van der Waals surface area contributed by atoms with Gasteiger partial charge in [0.2, 0.25) is 11.8 Å². The van der Waals surface area contributed by atoms with Crippen molar-refractivity contribution in [2.45, 2.75) is 38.5 Å². The van der Waals surface area contributed by atoms with Gasteiger partial charge in [-0.2, -0.15) is 0 Å². The van der Waals surface area contributed by atoms with Gasteiger partial charge in [0.25, 0.3) is 0 Å². The molecule has 0 fully saturated rings. The Balaban J connectivity index is 0.889. The average molecular weight is 727 g/mol. The minimum Gasteiger partial charge on any atom is -0.436 e. The van der Waals surface area contributed by atoms with Crippen LogP contribution in [0.3, 0.4) is 0 Å². The third-order valence-electron chi connectivity index (χ3n) is 11.9. The number of nitrogens with zero attached hydrogens (tertiary/aromatic N) is 4. The Bertz CT molecular complexity index is 2640. The lowest BCUT2D eigenvalue weighted by molar-refractivity contribution is 0.618. The van der Waals surface area contributed by atoms with Crippen LogP contribution in [0.4, 0.5) is 34.1 Å². The molecule has 4 heterocycles. The van der Waals surface area contributed by atoms with E-state index in [4.69, 9.17) is 18.8 Å². The maximum absolute atomic E-state index is 6.35. The maximum Gasteiger partial charge on any atom is 0.227 e. The van der Waals surface area contributed by atoms with Crippen LogP contribution in [0.5, 0.6) is 0 Å². The second-order valence-corrected chi connectivity index (χ2v) is 15.9. The molecule has 0 radical (unpaired) electrons. The summed E-state index contributed by atoms with van der Waals surface area (Å²) in [5.41, 5.74) is 16.5. The standard InChI is InChI=1S/C50H38N4O2/c1-49(2)35-13-5-9-17-41(35)53(42-18-10-6-14-36(42)49)33-25-21-31(22-26-33)47-51-39-29-46-40(30-45(39)55-47)52-48(56-46)32-23-27-34(28-24-32)54-43-19-11-7-15-37(43)50(3,4)38-16-8-12-20-44(38)54/h5-30H,1-4H3. The van der Waals surface area contributed by atoms with E-state index in [9.17, 15) is 0 Å². The highest BCUT2D eigenvalue weighted by Gasteiger charge is 2.37. The molecule has 9 aromatic rings. The Morgan fingerprint density at radius 1 is 0.393 bits per heavy atom. The van der Waals surface area contributed by atoms with Gasteiger partial charge in [-0.3, -0.25) is 0 Å². The number of oxazole rings is 2. The second-order valence-electron chi connectivity index (χ2n) is 15.9. The summed E-state index contributed by atoms with van der Waals surface area (Å²) in [7, 11) is 0. The van der Waals surface area contributed by atoms with E-state index in [-0.39, 0.29) is 10.8 Å². The van der Waals surface area contributed by atoms with Crippen LogP contribution in [-0.4, -0.2) is 9.97 Å². The van der Waals surface area contributed by atoms with E-state index in [0.717, 1.165) is 33.5 Å². The van der Waals surface area contributed by atoms with Gasteiger partial charge in [-0.1, -0.05) is 100 Å². The third kappa shape index (κ3) is 4.75. The molecule has 0 saturated heterocycles. The summed E-state index contributed by atoms with van der Waals surface area (Å²) < 4.78 is 12.7. The zero-order valence-electron chi connectivity index (χ0n) is 31.6. The monoisotopic (exact) mass is 726 g/mol. The molecular formula is C50H38N4O2. The molecule has 0 bridgehead atoms. The number of fused-ring (bicyclic) bond motifs is 6. The van der Waals surface area contributed by atoms with Crippen molar-refractivity contribution in [2.75, 3.05) is 9.80 Å². The Kier molecular flexibility index (Phi) is 6.84. The van der Waals surface area contributed by atoms with Crippen LogP contribution >= 0.6 is 0 Å². The zero-order valence-corrected chi connectivity index (χ0v) is 31.6. The first-order valence-electron chi connectivity index (χ1n) is 19.2. The Hall–Kier alpha value is -6.92. The fraction of sp³-hybridized carbons (Fsp3) is 0.120. The predicted molar refractivity (Wildman–Crippen MR) is 226 cm³/mol. The molecule has 6 nitrogen and oxygen atoms in total. The molecule has 6 heteroatoms. The van der Waals surface area contributed by atoms with Gasteiger partial charge >= 0.3 is 0 Å². The topological polar surface area (TPSA) is 58.5 Å². The zero-order chi connectivity index (χ0) is 37.8. The molecule has 7 aromatic carbocycles. The highest BCUT2D eigenvalue weighted by molar-refractivity contribution is 5.92. The van der Waals surface area contributed by atoms with Gasteiger partial charge in [-0.05, 0) is 95.1 Å². The molecule has 0 saturated carbocycles. The number of anilines is 6. The third-order valence-corrected chi connectivity index (χ3v) is 11.9. The SMILES string of the molecule is CC1(C)c2ccccc2N(c2ccc(-c3nc4cc5oc(-c6ccc(N7c8ccccc8C(C)(C)c8ccccc87)cc6)nc5cc4o3)cc2)c2ccccc21. The van der Waals surface area contributed by atoms with Gasteiger partial charge in [-0.25, -0.2) is 9.97 Å². The van der Waals surface area contributed by atoms with Gasteiger partial charge in [0.05, 0.1) is 22.7 Å². The van der Waals surface area contributed by atoms with Gasteiger partial charge < -0.3 is 18.6 Å². The molecule has 270 valence electrons. The molecule has 2 aliphatic heterocycles. The lowest BCUT2D eigenvalue weighted by atomic mass is 9.73. The van der Waals surface area contributed by atoms with Crippen LogP contribution < -0.4 is 9.80 Å². The van der Waals surface area contributed by atoms with Crippen molar-refractivity contribution in [3.8, 4) is 22.9 Å². The molecule has 0 spiro atoms. The summed E-state index contributed by atoms with van der Waals surface area (Å²) in [6, 6.07) is 55.5. The van der Waals surface area contributed by atoms with Gasteiger partial charge in [0, 0.05) is 45.5 Å². The molecule has 0 amide bonds. The molecule has 11 rings (SSSR count). The highest BCUT2D eigenvalue weighted by atomic mass is 16.4. The first kappa shape index (κ1) is 32.5. The fourth-order valence-electron chi connectivity index (χ4n) is 9.00. The van der Waals surface area contributed by atoms with E-state index in [0.29, 0.717) is 22.9 Å². The number of hydrogen-bond donors (Lipinski definition) is 0. The summed E-state index contributed by atoms with van der Waals surface area (Å²) in [4.78, 5) is 14.5. The van der Waals surface area contributed by atoms with E-state index >= 15 is 0 Å². The van der Waals surface area contributed by atoms with Gasteiger partial charge in [-0.15, -0.1) is 0 Å². The normalized spacial score (nSPS) is 15.0. The largest absolute Gasteiger partial charge is 0.436 e. The number of para-hydroxylation sites is 4. The van der Waals surface area contributed by atoms with Crippen LogP contribution in [0.2, 0.25) is 0 Å². The Morgan fingerprint density at radius 2 is 0.696 bits per heavy atom. The van der Waals surface area contributed by atoms with E-state index < -0.39 is 0 Å². The molecule has 0 N–H and O–H groups in total. The fourth-order valence-corrected chi connectivity index (χ4v) is 9.00. The molecule has 2 aliphatic rings. The van der Waals surface area contributed by atoms with Crippen molar-refractivity contribution in [1.29, 1.82) is 0 Å². The van der Waals surface area contributed by atoms with E-state index in [2.05, 4.69) is 183 Å². The van der Waals surface area contributed by atoms with Crippen LogP contribution in [0, 0.1) is 0 Å². The maximum atomic E-state index is 6.35. The lowest BCUT2D eigenvalue weighted by Gasteiger charge is -2.42. The van der Waals surface area contributed by atoms with Crippen molar-refractivity contribution in [2.24, 2.45) is 0 Å². The number of aromatic nitrogens is 2. The number of rotatable bonds is 4. The van der Waals surface area contributed by atoms with E-state index in [1.54, 1.807) is 0 Å². The first-order valence-corrected chi connectivity index (χ1v) is 19.2. The summed E-state index contributed by atoms with van der Waals surface area (Å²) in [5, 5.41) is 0. The number of hydrogen-bond acceptors (Lipinski definition) is 6. The van der Waals surface area contributed by atoms with Crippen molar-refractivity contribution in [3.63, 3.8) is 0 Å². The van der Waals surface area contributed by atoms with E-state index in [1.165, 1.54) is 45.0 Å². The minimum absolute atomic E-state index is 0.104. The first-order chi connectivity index (χ1) is 27.3. The molecule has 0 unspecified atom stereocenters. The molecule has 0 atom stereocenters. The predicted octanol–water partition coefficient (Wildman–Crippen LogP) is 13.5. The number of benzene rings is 7. The molecule has 0 aliphatic carbocycles.